The molecule has 0 bridgehead atoms. The molecule has 0 amide bonds. The highest BCUT2D eigenvalue weighted by atomic mass is 35.5. The predicted octanol–water partition coefficient (Wildman–Crippen LogP) is 4.26. The van der Waals surface area contributed by atoms with Crippen molar-refractivity contribution in [3.8, 4) is 11.5 Å². The second kappa shape index (κ2) is 8.06. The molecule has 1 unspecified atom stereocenters. The Morgan fingerprint density at radius 1 is 1.05 bits per heavy atom. The van der Waals surface area contributed by atoms with Gasteiger partial charge in [-0.2, -0.15) is 0 Å². The first-order valence-corrected chi connectivity index (χ1v) is 7.94. The van der Waals surface area contributed by atoms with E-state index in [0.29, 0.717) is 12.0 Å². The summed E-state index contributed by atoms with van der Waals surface area (Å²) < 4.78 is 4.73. The van der Waals surface area contributed by atoms with Crippen LogP contribution in [0.5, 0.6) is 11.5 Å². The number of hydrogen-bond acceptors (Lipinski definition) is 3. The standard InChI is InChI=1S/C15H16O2.C3H5ClO/c1-2-11(12-7-3-5-9-14(12)16)13-8-4-6-10-15(13)17;4-1-3-2-5-3/h3-11,16-17H,2H2,1H3;3H,1-2H2. The number of rotatable bonds is 4. The zero-order valence-electron chi connectivity index (χ0n) is 12.6. The van der Waals surface area contributed by atoms with E-state index in [4.69, 9.17) is 16.3 Å². The average Bonchev–Trinajstić information content (AvgIpc) is 3.36. The van der Waals surface area contributed by atoms with E-state index in [1.54, 1.807) is 24.3 Å². The molecular formula is C18H21ClO3. The smallest absolute Gasteiger partial charge is 0.119 e. The van der Waals surface area contributed by atoms with E-state index in [0.717, 1.165) is 24.2 Å². The number of alkyl halides is 1. The molecule has 1 heterocycles. The number of phenolic OH excluding ortho intramolecular Hbond substituents is 2. The number of epoxide rings is 1. The lowest BCUT2D eigenvalue weighted by Gasteiger charge is -2.18. The summed E-state index contributed by atoms with van der Waals surface area (Å²) in [6.45, 7) is 2.92. The predicted molar refractivity (Wildman–Crippen MR) is 88.8 cm³/mol. The molecular weight excluding hydrogens is 300 g/mol. The van der Waals surface area contributed by atoms with E-state index in [2.05, 4.69) is 0 Å². The Bertz CT molecular complexity index is 551. The van der Waals surface area contributed by atoms with Crippen molar-refractivity contribution in [3.63, 3.8) is 0 Å². The number of benzene rings is 2. The lowest BCUT2D eigenvalue weighted by molar-refractivity contribution is 0.425. The highest BCUT2D eigenvalue weighted by Crippen LogP contribution is 2.37. The van der Waals surface area contributed by atoms with Gasteiger partial charge in [-0.05, 0) is 18.6 Å². The summed E-state index contributed by atoms with van der Waals surface area (Å²) in [6.07, 6.45) is 1.23. The number of hydrogen-bond donors (Lipinski definition) is 2. The van der Waals surface area contributed by atoms with E-state index in [9.17, 15) is 10.2 Å². The van der Waals surface area contributed by atoms with Crippen LogP contribution in [0, 0.1) is 0 Å². The summed E-state index contributed by atoms with van der Waals surface area (Å²) in [5.41, 5.74) is 1.72. The molecule has 2 aromatic carbocycles. The van der Waals surface area contributed by atoms with Gasteiger partial charge in [0, 0.05) is 17.0 Å². The zero-order chi connectivity index (χ0) is 15.9. The Balaban J connectivity index is 0.000000299. The fraction of sp³-hybridized carbons (Fsp3) is 0.333. The van der Waals surface area contributed by atoms with Crippen LogP contribution in [0.15, 0.2) is 48.5 Å². The van der Waals surface area contributed by atoms with Gasteiger partial charge >= 0.3 is 0 Å². The summed E-state index contributed by atoms with van der Waals surface area (Å²) >= 11 is 5.27. The third-order valence-corrected chi connectivity index (χ3v) is 3.95. The minimum atomic E-state index is 0.0254. The Hall–Kier alpha value is -1.71. The Kier molecular flexibility index (Phi) is 6.10. The molecule has 1 fully saturated rings. The van der Waals surface area contributed by atoms with Crippen LogP contribution in [0.25, 0.3) is 0 Å². The molecule has 1 aliphatic rings. The van der Waals surface area contributed by atoms with Gasteiger partial charge < -0.3 is 14.9 Å². The van der Waals surface area contributed by atoms with Crippen molar-refractivity contribution in [1.82, 2.24) is 0 Å². The summed E-state index contributed by atoms with van der Waals surface area (Å²) in [5.74, 6) is 1.25. The maximum atomic E-state index is 9.88. The van der Waals surface area contributed by atoms with E-state index >= 15 is 0 Å². The molecule has 2 aromatic rings. The monoisotopic (exact) mass is 320 g/mol. The summed E-state index contributed by atoms with van der Waals surface area (Å²) in [7, 11) is 0. The SMILES string of the molecule is CCC(c1ccccc1O)c1ccccc1O.ClCC1CO1. The van der Waals surface area contributed by atoms with Crippen LogP contribution >= 0.6 is 11.6 Å². The van der Waals surface area contributed by atoms with Gasteiger partial charge in [-0.25, -0.2) is 0 Å². The number of para-hydroxylation sites is 2. The minimum absolute atomic E-state index is 0.0254. The van der Waals surface area contributed by atoms with Crippen molar-refractivity contribution in [2.45, 2.75) is 25.4 Å². The number of halogens is 1. The van der Waals surface area contributed by atoms with E-state index < -0.39 is 0 Å². The average molecular weight is 321 g/mol. The molecule has 0 spiro atoms. The number of phenols is 2. The summed E-state index contributed by atoms with van der Waals surface area (Å²) in [5, 5.41) is 19.8. The normalized spacial score (nSPS) is 16.0. The third-order valence-electron chi connectivity index (χ3n) is 3.61. The molecule has 0 saturated carbocycles. The molecule has 22 heavy (non-hydrogen) atoms. The topological polar surface area (TPSA) is 53.0 Å². The lowest BCUT2D eigenvalue weighted by Crippen LogP contribution is -2.00. The fourth-order valence-electron chi connectivity index (χ4n) is 2.33. The molecule has 1 atom stereocenters. The van der Waals surface area contributed by atoms with Crippen molar-refractivity contribution in [2.24, 2.45) is 0 Å². The van der Waals surface area contributed by atoms with E-state index in [1.165, 1.54) is 0 Å². The van der Waals surface area contributed by atoms with Gasteiger partial charge in [0.05, 0.1) is 18.6 Å². The van der Waals surface area contributed by atoms with Crippen LogP contribution in [0.4, 0.5) is 0 Å². The van der Waals surface area contributed by atoms with Gasteiger partial charge in [-0.1, -0.05) is 43.3 Å². The van der Waals surface area contributed by atoms with E-state index in [-0.39, 0.29) is 17.4 Å². The van der Waals surface area contributed by atoms with Gasteiger partial charge in [0.15, 0.2) is 0 Å². The van der Waals surface area contributed by atoms with Gasteiger partial charge in [0.25, 0.3) is 0 Å². The van der Waals surface area contributed by atoms with Crippen LogP contribution in [0.2, 0.25) is 0 Å². The first-order chi connectivity index (χ1) is 10.7. The van der Waals surface area contributed by atoms with Crippen LogP contribution in [0.3, 0.4) is 0 Å². The Morgan fingerprint density at radius 3 is 1.77 bits per heavy atom. The van der Waals surface area contributed by atoms with Gasteiger partial charge in [-0.3, -0.25) is 0 Å². The molecule has 2 N–H and O–H groups in total. The maximum Gasteiger partial charge on any atom is 0.119 e. The largest absolute Gasteiger partial charge is 0.508 e. The van der Waals surface area contributed by atoms with Crippen LogP contribution in [-0.4, -0.2) is 28.8 Å². The van der Waals surface area contributed by atoms with Crippen molar-refractivity contribution < 1.29 is 14.9 Å². The minimum Gasteiger partial charge on any atom is -0.508 e. The first kappa shape index (κ1) is 16.7. The Morgan fingerprint density at radius 2 is 1.50 bits per heavy atom. The van der Waals surface area contributed by atoms with Crippen molar-refractivity contribution in [3.05, 3.63) is 59.7 Å². The van der Waals surface area contributed by atoms with Crippen LogP contribution in [0.1, 0.15) is 30.4 Å². The van der Waals surface area contributed by atoms with Gasteiger partial charge in [0.1, 0.15) is 11.5 Å². The fourth-order valence-corrected chi connectivity index (χ4v) is 2.51. The van der Waals surface area contributed by atoms with Gasteiger partial charge in [0.2, 0.25) is 0 Å². The van der Waals surface area contributed by atoms with Crippen LogP contribution in [-0.2, 0) is 4.74 Å². The molecule has 0 aliphatic carbocycles. The highest BCUT2D eigenvalue weighted by Gasteiger charge is 2.19. The van der Waals surface area contributed by atoms with E-state index in [1.807, 2.05) is 31.2 Å². The zero-order valence-corrected chi connectivity index (χ0v) is 13.3. The Labute approximate surface area is 136 Å². The highest BCUT2D eigenvalue weighted by molar-refractivity contribution is 6.18. The number of aromatic hydroxyl groups is 2. The van der Waals surface area contributed by atoms with Crippen LogP contribution < -0.4 is 0 Å². The second-order valence-corrected chi connectivity index (χ2v) is 5.50. The van der Waals surface area contributed by atoms with Gasteiger partial charge in [-0.15, -0.1) is 11.6 Å². The maximum absolute atomic E-state index is 9.88. The van der Waals surface area contributed by atoms with Crippen molar-refractivity contribution in [1.29, 1.82) is 0 Å². The molecule has 3 nitrogen and oxygen atoms in total. The molecule has 3 rings (SSSR count). The molecule has 4 heteroatoms. The quantitative estimate of drug-likeness (QED) is 0.653. The second-order valence-electron chi connectivity index (χ2n) is 5.19. The molecule has 0 aromatic heterocycles. The lowest BCUT2D eigenvalue weighted by atomic mass is 9.88. The van der Waals surface area contributed by atoms with Crippen molar-refractivity contribution in [2.75, 3.05) is 12.5 Å². The molecule has 1 saturated heterocycles. The van der Waals surface area contributed by atoms with Crippen molar-refractivity contribution >= 4 is 11.6 Å². The first-order valence-electron chi connectivity index (χ1n) is 7.40. The third kappa shape index (κ3) is 4.39. The number of ether oxygens (including phenoxy) is 1. The molecule has 0 radical (unpaired) electrons. The molecule has 118 valence electrons. The summed E-state index contributed by atoms with van der Waals surface area (Å²) in [6, 6.07) is 14.6. The summed E-state index contributed by atoms with van der Waals surface area (Å²) in [4.78, 5) is 0. The molecule has 1 aliphatic heterocycles.